The zero-order valence-corrected chi connectivity index (χ0v) is 14.0. The number of rotatable bonds is 8. The van der Waals surface area contributed by atoms with Crippen LogP contribution < -0.4 is 4.74 Å². The van der Waals surface area contributed by atoms with Crippen LogP contribution in [-0.4, -0.2) is 5.97 Å². The molecule has 0 saturated heterocycles. The first-order valence-electron chi connectivity index (χ1n) is 9.10. The molecule has 22 heavy (non-hydrogen) atoms. The Balaban J connectivity index is 1.72. The lowest BCUT2D eigenvalue weighted by Crippen LogP contribution is -2.22. The molecule has 0 radical (unpaired) electrons. The number of unbranched alkanes of at least 4 members (excludes halogenated alkanes) is 4. The van der Waals surface area contributed by atoms with Gasteiger partial charge in [-0.25, -0.2) is 0 Å². The molecule has 2 rings (SSSR count). The third-order valence-electron chi connectivity index (χ3n) is 4.65. The Labute approximate surface area is 135 Å². The van der Waals surface area contributed by atoms with Gasteiger partial charge in [0.05, 0.1) is 5.92 Å². The molecule has 0 amide bonds. The summed E-state index contributed by atoms with van der Waals surface area (Å²) in [7, 11) is 0. The average Bonchev–Trinajstić information content (AvgIpc) is 2.57. The zero-order chi connectivity index (χ0) is 15.6. The van der Waals surface area contributed by atoms with Crippen LogP contribution in [0, 0.1) is 5.92 Å². The topological polar surface area (TPSA) is 26.3 Å². The molecule has 0 aliphatic heterocycles. The van der Waals surface area contributed by atoms with Gasteiger partial charge in [0.25, 0.3) is 0 Å². The van der Waals surface area contributed by atoms with Gasteiger partial charge >= 0.3 is 5.97 Å². The fraction of sp³-hybridized carbons (Fsp3) is 0.650. The highest BCUT2D eigenvalue weighted by Gasteiger charge is 2.22. The van der Waals surface area contributed by atoms with E-state index in [0.29, 0.717) is 5.75 Å². The third-order valence-corrected chi connectivity index (χ3v) is 4.65. The van der Waals surface area contributed by atoms with E-state index >= 15 is 0 Å². The van der Waals surface area contributed by atoms with E-state index < -0.39 is 0 Å². The van der Waals surface area contributed by atoms with Gasteiger partial charge in [0.1, 0.15) is 5.75 Å². The second-order valence-corrected chi connectivity index (χ2v) is 6.56. The van der Waals surface area contributed by atoms with Crippen molar-refractivity contribution in [3.8, 4) is 5.75 Å². The van der Waals surface area contributed by atoms with E-state index in [-0.39, 0.29) is 11.9 Å². The minimum Gasteiger partial charge on any atom is -0.426 e. The van der Waals surface area contributed by atoms with Crippen molar-refractivity contribution >= 4 is 5.97 Å². The first-order valence-corrected chi connectivity index (χ1v) is 9.10. The van der Waals surface area contributed by atoms with Crippen LogP contribution in [-0.2, 0) is 11.2 Å². The summed E-state index contributed by atoms with van der Waals surface area (Å²) in [5.41, 5.74) is 1.34. The molecule has 0 atom stereocenters. The minimum atomic E-state index is -0.0352. The lowest BCUT2D eigenvalue weighted by atomic mass is 9.89. The summed E-state index contributed by atoms with van der Waals surface area (Å²) in [6, 6.07) is 8.09. The Morgan fingerprint density at radius 3 is 2.36 bits per heavy atom. The number of aryl methyl sites for hydroxylation is 1. The highest BCUT2D eigenvalue weighted by atomic mass is 16.5. The van der Waals surface area contributed by atoms with E-state index in [0.717, 1.165) is 32.1 Å². The van der Waals surface area contributed by atoms with Crippen LogP contribution in [0.15, 0.2) is 24.3 Å². The molecular weight excluding hydrogens is 272 g/mol. The number of esters is 1. The molecule has 2 heteroatoms. The Morgan fingerprint density at radius 2 is 1.68 bits per heavy atom. The lowest BCUT2D eigenvalue weighted by molar-refractivity contribution is -0.139. The maximum absolute atomic E-state index is 12.1. The molecule has 0 spiro atoms. The molecule has 122 valence electrons. The van der Waals surface area contributed by atoms with Crippen LogP contribution in [0.1, 0.15) is 76.7 Å². The molecule has 0 aromatic heterocycles. The maximum atomic E-state index is 12.1. The minimum absolute atomic E-state index is 0.0352. The summed E-state index contributed by atoms with van der Waals surface area (Å²) in [6.45, 7) is 2.24. The number of hydrogen-bond acceptors (Lipinski definition) is 2. The first-order chi connectivity index (χ1) is 10.8. The van der Waals surface area contributed by atoms with Gasteiger partial charge in [-0.15, -0.1) is 0 Å². The van der Waals surface area contributed by atoms with E-state index in [9.17, 15) is 4.79 Å². The van der Waals surface area contributed by atoms with Gasteiger partial charge in [-0.05, 0) is 43.4 Å². The molecule has 0 N–H and O–H groups in total. The molecule has 0 bridgehead atoms. The average molecular weight is 302 g/mol. The number of benzene rings is 1. The smallest absolute Gasteiger partial charge is 0.314 e. The third kappa shape index (κ3) is 5.82. The number of carbonyl (C=O) groups is 1. The summed E-state index contributed by atoms with van der Waals surface area (Å²) in [4.78, 5) is 12.1. The van der Waals surface area contributed by atoms with Gasteiger partial charge in [-0.3, -0.25) is 4.79 Å². The van der Waals surface area contributed by atoms with Crippen molar-refractivity contribution in [1.82, 2.24) is 0 Å². The zero-order valence-electron chi connectivity index (χ0n) is 14.0. The van der Waals surface area contributed by atoms with Crippen molar-refractivity contribution in [2.45, 2.75) is 77.6 Å². The Hall–Kier alpha value is -1.31. The Morgan fingerprint density at radius 1 is 1.00 bits per heavy atom. The fourth-order valence-corrected chi connectivity index (χ4v) is 3.19. The Kier molecular flexibility index (Phi) is 7.48. The van der Waals surface area contributed by atoms with Gasteiger partial charge in [0, 0.05) is 0 Å². The van der Waals surface area contributed by atoms with Crippen molar-refractivity contribution in [1.29, 1.82) is 0 Å². The summed E-state index contributed by atoms with van der Waals surface area (Å²) >= 11 is 0. The summed E-state index contributed by atoms with van der Waals surface area (Å²) in [5, 5.41) is 0. The van der Waals surface area contributed by atoms with Crippen molar-refractivity contribution in [2.75, 3.05) is 0 Å². The van der Waals surface area contributed by atoms with E-state index in [1.807, 2.05) is 12.1 Å². The fourth-order valence-electron chi connectivity index (χ4n) is 3.19. The summed E-state index contributed by atoms with van der Waals surface area (Å²) in [6.07, 6.45) is 13.2. The number of carbonyl (C=O) groups excluding carboxylic acids is 1. The van der Waals surface area contributed by atoms with Gasteiger partial charge in [0.15, 0.2) is 0 Å². The standard InChI is InChI=1S/C20H30O2/c1-2-3-4-5-7-10-17-13-15-19(16-14-17)22-20(21)18-11-8-6-9-12-18/h13-16,18H,2-12H2,1H3. The Bertz CT molecular complexity index is 430. The predicted octanol–water partition coefficient (Wildman–Crippen LogP) is 5.69. The molecule has 2 nitrogen and oxygen atoms in total. The van der Waals surface area contributed by atoms with Crippen molar-refractivity contribution in [2.24, 2.45) is 5.92 Å². The molecule has 0 heterocycles. The second kappa shape index (κ2) is 9.66. The monoisotopic (exact) mass is 302 g/mol. The maximum Gasteiger partial charge on any atom is 0.314 e. The molecule has 1 aromatic rings. The van der Waals surface area contributed by atoms with Crippen LogP contribution >= 0.6 is 0 Å². The molecule has 1 aromatic carbocycles. The molecule has 1 saturated carbocycles. The van der Waals surface area contributed by atoms with Crippen LogP contribution in [0.3, 0.4) is 0 Å². The predicted molar refractivity (Wildman–Crippen MR) is 91.1 cm³/mol. The van der Waals surface area contributed by atoms with Crippen molar-refractivity contribution in [3.05, 3.63) is 29.8 Å². The van der Waals surface area contributed by atoms with Crippen LogP contribution in [0.4, 0.5) is 0 Å². The molecule has 0 unspecified atom stereocenters. The van der Waals surface area contributed by atoms with E-state index in [1.165, 1.54) is 44.1 Å². The van der Waals surface area contributed by atoms with Crippen LogP contribution in [0.2, 0.25) is 0 Å². The van der Waals surface area contributed by atoms with Gasteiger partial charge in [-0.2, -0.15) is 0 Å². The molecule has 1 fully saturated rings. The highest BCUT2D eigenvalue weighted by molar-refractivity contribution is 5.75. The van der Waals surface area contributed by atoms with Crippen LogP contribution in [0.25, 0.3) is 0 Å². The van der Waals surface area contributed by atoms with E-state index in [1.54, 1.807) is 0 Å². The lowest BCUT2D eigenvalue weighted by Gasteiger charge is -2.19. The largest absolute Gasteiger partial charge is 0.426 e. The van der Waals surface area contributed by atoms with Gasteiger partial charge < -0.3 is 4.74 Å². The van der Waals surface area contributed by atoms with Crippen molar-refractivity contribution < 1.29 is 9.53 Å². The van der Waals surface area contributed by atoms with Crippen molar-refractivity contribution in [3.63, 3.8) is 0 Å². The summed E-state index contributed by atoms with van der Waals surface area (Å²) < 4.78 is 5.53. The van der Waals surface area contributed by atoms with Gasteiger partial charge in [-0.1, -0.05) is 64.0 Å². The van der Waals surface area contributed by atoms with E-state index in [2.05, 4.69) is 19.1 Å². The number of hydrogen-bond donors (Lipinski definition) is 0. The molecule has 1 aliphatic carbocycles. The quantitative estimate of drug-likeness (QED) is 0.350. The van der Waals surface area contributed by atoms with Gasteiger partial charge in [0.2, 0.25) is 0 Å². The second-order valence-electron chi connectivity index (χ2n) is 6.56. The molecular formula is C20H30O2. The highest BCUT2D eigenvalue weighted by Crippen LogP contribution is 2.25. The first kappa shape index (κ1) is 17.1. The molecule has 1 aliphatic rings. The number of ether oxygens (including phenoxy) is 1. The normalized spacial score (nSPS) is 15.7. The SMILES string of the molecule is CCCCCCCc1ccc(OC(=O)C2CCCCC2)cc1. The van der Waals surface area contributed by atoms with Crippen LogP contribution in [0.5, 0.6) is 5.75 Å². The van der Waals surface area contributed by atoms with E-state index in [4.69, 9.17) is 4.74 Å². The summed E-state index contributed by atoms with van der Waals surface area (Å²) in [5.74, 6) is 0.782.